The fraction of sp³-hybridized carbons (Fsp3) is 0.0714. The first-order valence-corrected chi connectivity index (χ1v) is 6.27. The number of fused-ring (bicyclic) bond motifs is 1. The highest BCUT2D eigenvalue weighted by atomic mass is 79.9. The fourth-order valence-electron chi connectivity index (χ4n) is 1.94. The van der Waals surface area contributed by atoms with Gasteiger partial charge in [0.05, 0.1) is 12.7 Å². The second-order valence-corrected chi connectivity index (χ2v) is 4.79. The SMILES string of the molecule is COc1ccc(Br)cc1-c1onc2ccccc12. The van der Waals surface area contributed by atoms with Crippen molar-refractivity contribution in [1.82, 2.24) is 5.16 Å². The maximum Gasteiger partial charge on any atom is 0.178 e. The fourth-order valence-corrected chi connectivity index (χ4v) is 2.30. The van der Waals surface area contributed by atoms with Crippen LogP contribution in [-0.2, 0) is 0 Å². The van der Waals surface area contributed by atoms with Gasteiger partial charge in [0.25, 0.3) is 0 Å². The smallest absolute Gasteiger partial charge is 0.178 e. The van der Waals surface area contributed by atoms with Gasteiger partial charge in [0.1, 0.15) is 11.3 Å². The number of aromatic nitrogens is 1. The Bertz CT molecular complexity index is 706. The molecule has 0 unspecified atom stereocenters. The van der Waals surface area contributed by atoms with Crippen LogP contribution in [0.4, 0.5) is 0 Å². The molecule has 3 nitrogen and oxygen atoms in total. The number of nitrogens with zero attached hydrogens (tertiary/aromatic N) is 1. The van der Waals surface area contributed by atoms with Crippen molar-refractivity contribution < 1.29 is 9.26 Å². The summed E-state index contributed by atoms with van der Waals surface area (Å²) in [4.78, 5) is 0. The van der Waals surface area contributed by atoms with Crippen LogP contribution in [-0.4, -0.2) is 12.3 Å². The van der Waals surface area contributed by atoms with E-state index in [-0.39, 0.29) is 0 Å². The molecule has 1 aromatic heterocycles. The van der Waals surface area contributed by atoms with Crippen molar-refractivity contribution in [3.05, 3.63) is 46.9 Å². The Kier molecular flexibility index (Phi) is 2.80. The van der Waals surface area contributed by atoms with Crippen LogP contribution in [0, 0.1) is 0 Å². The Labute approximate surface area is 112 Å². The molecule has 0 fully saturated rings. The molecule has 2 aromatic carbocycles. The molecule has 90 valence electrons. The van der Waals surface area contributed by atoms with Crippen LogP contribution in [0.3, 0.4) is 0 Å². The first-order chi connectivity index (χ1) is 8.79. The van der Waals surface area contributed by atoms with Gasteiger partial charge in [-0.3, -0.25) is 0 Å². The molecular weight excluding hydrogens is 294 g/mol. The average molecular weight is 304 g/mol. The van der Waals surface area contributed by atoms with E-state index in [0.29, 0.717) is 0 Å². The molecule has 0 aliphatic heterocycles. The van der Waals surface area contributed by atoms with E-state index in [2.05, 4.69) is 21.1 Å². The maximum atomic E-state index is 5.45. The number of halogens is 1. The van der Waals surface area contributed by atoms with Gasteiger partial charge in [0.15, 0.2) is 5.76 Å². The van der Waals surface area contributed by atoms with Gasteiger partial charge in [-0.15, -0.1) is 0 Å². The van der Waals surface area contributed by atoms with Crippen LogP contribution in [0.25, 0.3) is 22.2 Å². The van der Waals surface area contributed by atoms with Crippen LogP contribution < -0.4 is 4.74 Å². The highest BCUT2D eigenvalue weighted by Crippen LogP contribution is 2.36. The van der Waals surface area contributed by atoms with Gasteiger partial charge in [-0.05, 0) is 30.3 Å². The van der Waals surface area contributed by atoms with Gasteiger partial charge in [-0.25, -0.2) is 0 Å². The third-order valence-corrected chi connectivity index (χ3v) is 3.28. The van der Waals surface area contributed by atoms with E-state index in [1.54, 1.807) is 7.11 Å². The molecule has 18 heavy (non-hydrogen) atoms. The molecule has 0 amide bonds. The van der Waals surface area contributed by atoms with Crippen LogP contribution in [0.5, 0.6) is 5.75 Å². The molecule has 0 saturated carbocycles. The van der Waals surface area contributed by atoms with Crippen LogP contribution >= 0.6 is 15.9 Å². The number of methoxy groups -OCH3 is 1. The van der Waals surface area contributed by atoms with E-state index >= 15 is 0 Å². The summed E-state index contributed by atoms with van der Waals surface area (Å²) in [6, 6.07) is 13.6. The standard InChI is InChI=1S/C14H10BrNO2/c1-17-13-7-6-9(15)8-11(13)14-10-4-2-3-5-12(10)16-18-14/h2-8H,1H3. The lowest BCUT2D eigenvalue weighted by molar-refractivity contribution is 0.408. The van der Waals surface area contributed by atoms with Crippen molar-refractivity contribution in [3.63, 3.8) is 0 Å². The number of hydrogen-bond donors (Lipinski definition) is 0. The van der Waals surface area contributed by atoms with E-state index in [1.807, 2.05) is 42.5 Å². The molecule has 0 spiro atoms. The zero-order chi connectivity index (χ0) is 12.5. The zero-order valence-corrected chi connectivity index (χ0v) is 11.3. The minimum absolute atomic E-state index is 0.726. The monoisotopic (exact) mass is 303 g/mol. The van der Waals surface area contributed by atoms with E-state index in [1.165, 1.54) is 0 Å². The topological polar surface area (TPSA) is 35.3 Å². The van der Waals surface area contributed by atoms with E-state index in [9.17, 15) is 0 Å². The molecule has 0 aliphatic carbocycles. The lowest BCUT2D eigenvalue weighted by Gasteiger charge is -2.06. The minimum atomic E-state index is 0.726. The molecule has 3 aromatic rings. The van der Waals surface area contributed by atoms with Crippen molar-refractivity contribution in [2.45, 2.75) is 0 Å². The predicted octanol–water partition coefficient (Wildman–Crippen LogP) is 4.27. The summed E-state index contributed by atoms with van der Waals surface area (Å²) < 4.78 is 11.8. The third kappa shape index (κ3) is 1.78. The van der Waals surface area contributed by atoms with Crippen molar-refractivity contribution in [2.75, 3.05) is 7.11 Å². The van der Waals surface area contributed by atoms with Crippen molar-refractivity contribution in [2.24, 2.45) is 0 Å². The minimum Gasteiger partial charge on any atom is -0.496 e. The molecule has 0 aliphatic rings. The average Bonchev–Trinajstić information content (AvgIpc) is 2.82. The van der Waals surface area contributed by atoms with Crippen LogP contribution in [0.2, 0.25) is 0 Å². The summed E-state index contributed by atoms with van der Waals surface area (Å²) in [7, 11) is 1.64. The lowest BCUT2D eigenvalue weighted by Crippen LogP contribution is -1.87. The molecule has 0 atom stereocenters. The van der Waals surface area contributed by atoms with Crippen LogP contribution in [0.15, 0.2) is 51.5 Å². The number of ether oxygens (including phenoxy) is 1. The van der Waals surface area contributed by atoms with Gasteiger partial charge >= 0.3 is 0 Å². The molecule has 4 heteroatoms. The first kappa shape index (κ1) is 11.3. The Hall–Kier alpha value is -1.81. The van der Waals surface area contributed by atoms with Crippen molar-refractivity contribution in [1.29, 1.82) is 0 Å². The van der Waals surface area contributed by atoms with E-state index < -0.39 is 0 Å². The second kappa shape index (κ2) is 4.46. The molecule has 0 N–H and O–H groups in total. The first-order valence-electron chi connectivity index (χ1n) is 5.48. The predicted molar refractivity (Wildman–Crippen MR) is 73.7 cm³/mol. The highest BCUT2D eigenvalue weighted by molar-refractivity contribution is 9.10. The second-order valence-electron chi connectivity index (χ2n) is 3.87. The molecule has 0 bridgehead atoms. The number of benzene rings is 2. The van der Waals surface area contributed by atoms with Gasteiger partial charge in [0, 0.05) is 9.86 Å². The normalized spacial score (nSPS) is 10.8. The van der Waals surface area contributed by atoms with Crippen LogP contribution in [0.1, 0.15) is 0 Å². The summed E-state index contributed by atoms with van der Waals surface area (Å²) in [6.07, 6.45) is 0. The Balaban J connectivity index is 2.29. The lowest BCUT2D eigenvalue weighted by atomic mass is 10.1. The quantitative estimate of drug-likeness (QED) is 0.709. The summed E-state index contributed by atoms with van der Waals surface area (Å²) in [5, 5.41) is 5.03. The zero-order valence-electron chi connectivity index (χ0n) is 9.68. The Morgan fingerprint density at radius 2 is 2.00 bits per heavy atom. The number of rotatable bonds is 2. The summed E-state index contributed by atoms with van der Waals surface area (Å²) in [5.74, 6) is 1.49. The Morgan fingerprint density at radius 1 is 1.17 bits per heavy atom. The Morgan fingerprint density at radius 3 is 2.83 bits per heavy atom. The summed E-state index contributed by atoms with van der Waals surface area (Å²) in [5.41, 5.74) is 1.73. The summed E-state index contributed by atoms with van der Waals surface area (Å²) >= 11 is 3.46. The molecule has 0 radical (unpaired) electrons. The highest BCUT2D eigenvalue weighted by Gasteiger charge is 2.14. The van der Waals surface area contributed by atoms with Gasteiger partial charge in [-0.2, -0.15) is 0 Å². The van der Waals surface area contributed by atoms with Crippen molar-refractivity contribution in [3.8, 4) is 17.1 Å². The van der Waals surface area contributed by atoms with Crippen molar-refractivity contribution >= 4 is 26.8 Å². The van der Waals surface area contributed by atoms with E-state index in [4.69, 9.17) is 9.26 Å². The third-order valence-electron chi connectivity index (χ3n) is 2.79. The maximum absolute atomic E-state index is 5.45. The molecule has 3 rings (SSSR count). The largest absolute Gasteiger partial charge is 0.496 e. The van der Waals surface area contributed by atoms with Gasteiger partial charge in [0.2, 0.25) is 0 Å². The molecule has 0 saturated heterocycles. The van der Waals surface area contributed by atoms with Gasteiger partial charge in [-0.1, -0.05) is 33.2 Å². The summed E-state index contributed by atoms with van der Waals surface area (Å²) in [6.45, 7) is 0. The molecule has 1 heterocycles. The molecular formula is C14H10BrNO2. The number of hydrogen-bond acceptors (Lipinski definition) is 3. The van der Waals surface area contributed by atoms with E-state index in [0.717, 1.165) is 32.4 Å². The van der Waals surface area contributed by atoms with Gasteiger partial charge < -0.3 is 9.26 Å².